The fourth-order valence-electron chi connectivity index (χ4n) is 4.61. The standard InChI is InChI=1S/C33H33ClFN3O4S/c1-3-36-33(40)31(21-25-7-5-4-6-8-25)37(22-26-11-15-28(35)16-12-26)32(39)23-38(29-17-9-24(2)10-18-29)43(41,42)30-19-13-27(34)14-20-30/h4-20,31H,3,21-23H2,1-2H3,(H,36,40). The van der Waals surface area contributed by atoms with Gasteiger partial charge in [0.2, 0.25) is 11.8 Å². The fraction of sp³-hybridized carbons (Fsp3) is 0.212. The number of nitrogens with zero attached hydrogens (tertiary/aromatic N) is 2. The Morgan fingerprint density at radius 3 is 2.09 bits per heavy atom. The summed E-state index contributed by atoms with van der Waals surface area (Å²) in [4.78, 5) is 29.1. The Morgan fingerprint density at radius 2 is 1.49 bits per heavy atom. The molecule has 4 aromatic rings. The Kier molecular flexibility index (Phi) is 10.6. The topological polar surface area (TPSA) is 86.8 Å². The number of carbonyl (C=O) groups excluding carboxylic acids is 2. The molecule has 0 aromatic heterocycles. The smallest absolute Gasteiger partial charge is 0.264 e. The third kappa shape index (κ3) is 8.21. The van der Waals surface area contributed by atoms with Crippen molar-refractivity contribution in [3.05, 3.63) is 131 Å². The van der Waals surface area contributed by atoms with Gasteiger partial charge in [-0.2, -0.15) is 0 Å². The minimum atomic E-state index is -4.23. The summed E-state index contributed by atoms with van der Waals surface area (Å²) < 4.78 is 42.7. The molecule has 0 radical (unpaired) electrons. The normalized spacial score (nSPS) is 11.9. The first-order valence-corrected chi connectivity index (χ1v) is 15.6. The predicted molar refractivity (Wildman–Crippen MR) is 167 cm³/mol. The molecule has 0 heterocycles. The number of hydrogen-bond donors (Lipinski definition) is 1. The van der Waals surface area contributed by atoms with Crippen molar-refractivity contribution in [2.24, 2.45) is 0 Å². The van der Waals surface area contributed by atoms with Crippen LogP contribution in [0.5, 0.6) is 0 Å². The third-order valence-electron chi connectivity index (χ3n) is 6.89. The van der Waals surface area contributed by atoms with Crippen molar-refractivity contribution < 1.29 is 22.4 Å². The van der Waals surface area contributed by atoms with E-state index in [0.29, 0.717) is 17.1 Å². The van der Waals surface area contributed by atoms with Crippen LogP contribution in [0.1, 0.15) is 23.6 Å². The van der Waals surface area contributed by atoms with Crippen LogP contribution in [0.25, 0.3) is 0 Å². The van der Waals surface area contributed by atoms with Gasteiger partial charge in [0.25, 0.3) is 10.0 Å². The summed E-state index contributed by atoms with van der Waals surface area (Å²) in [5, 5.41) is 3.18. The highest BCUT2D eigenvalue weighted by Gasteiger charge is 2.34. The van der Waals surface area contributed by atoms with Crippen LogP contribution in [-0.4, -0.2) is 44.3 Å². The summed E-state index contributed by atoms with van der Waals surface area (Å²) in [6.45, 7) is 3.36. The van der Waals surface area contributed by atoms with Crippen LogP contribution in [0.2, 0.25) is 5.02 Å². The number of hydrogen-bond acceptors (Lipinski definition) is 4. The van der Waals surface area contributed by atoms with E-state index in [0.717, 1.165) is 15.4 Å². The van der Waals surface area contributed by atoms with Gasteiger partial charge in [0.05, 0.1) is 10.6 Å². The Hall–Kier alpha value is -4.21. The number of sulfonamides is 1. The molecule has 10 heteroatoms. The lowest BCUT2D eigenvalue weighted by Crippen LogP contribution is -2.53. The van der Waals surface area contributed by atoms with Gasteiger partial charge >= 0.3 is 0 Å². The van der Waals surface area contributed by atoms with Crippen LogP contribution in [0.15, 0.2) is 108 Å². The second kappa shape index (κ2) is 14.3. The average molecular weight is 622 g/mol. The maximum atomic E-state index is 14.3. The summed E-state index contributed by atoms with van der Waals surface area (Å²) in [6, 6.07) is 26.4. The molecule has 0 saturated heterocycles. The first-order chi connectivity index (χ1) is 20.6. The Morgan fingerprint density at radius 1 is 0.860 bits per heavy atom. The number of amides is 2. The number of anilines is 1. The molecule has 0 spiro atoms. The van der Waals surface area contributed by atoms with E-state index in [1.165, 1.54) is 53.4 Å². The van der Waals surface area contributed by atoms with E-state index in [1.807, 2.05) is 37.3 Å². The van der Waals surface area contributed by atoms with Gasteiger partial charge in [-0.3, -0.25) is 13.9 Å². The van der Waals surface area contributed by atoms with Crippen LogP contribution in [-0.2, 0) is 32.6 Å². The first kappa shape index (κ1) is 31.7. The average Bonchev–Trinajstić information content (AvgIpc) is 3.00. The van der Waals surface area contributed by atoms with Crippen molar-refractivity contribution in [1.29, 1.82) is 0 Å². The monoisotopic (exact) mass is 621 g/mol. The fourth-order valence-corrected chi connectivity index (χ4v) is 6.15. The van der Waals surface area contributed by atoms with E-state index in [-0.39, 0.29) is 29.5 Å². The number of rotatable bonds is 12. The molecule has 1 unspecified atom stereocenters. The molecule has 0 saturated carbocycles. The highest BCUT2D eigenvalue weighted by Crippen LogP contribution is 2.26. The Bertz CT molecular complexity index is 1630. The molecule has 0 fully saturated rings. The molecule has 4 aromatic carbocycles. The molecule has 1 atom stereocenters. The zero-order valence-electron chi connectivity index (χ0n) is 23.9. The van der Waals surface area contributed by atoms with Crippen molar-refractivity contribution >= 4 is 39.1 Å². The second-order valence-corrected chi connectivity index (χ2v) is 12.3. The van der Waals surface area contributed by atoms with E-state index < -0.39 is 34.3 Å². The lowest BCUT2D eigenvalue weighted by molar-refractivity contribution is -0.140. The molecule has 0 aliphatic carbocycles. The van der Waals surface area contributed by atoms with Crippen LogP contribution in [0.3, 0.4) is 0 Å². The lowest BCUT2D eigenvalue weighted by Gasteiger charge is -2.33. The zero-order chi connectivity index (χ0) is 31.0. The summed E-state index contributed by atoms with van der Waals surface area (Å²) in [6.07, 6.45) is 0.189. The van der Waals surface area contributed by atoms with E-state index >= 15 is 0 Å². The molecule has 0 aliphatic heterocycles. The number of carbonyl (C=O) groups is 2. The van der Waals surface area contributed by atoms with Gasteiger partial charge in [-0.1, -0.05) is 71.8 Å². The number of aryl methyl sites for hydroxylation is 1. The highest BCUT2D eigenvalue weighted by molar-refractivity contribution is 7.92. The van der Waals surface area contributed by atoms with Gasteiger partial charge in [0.1, 0.15) is 18.4 Å². The lowest BCUT2D eigenvalue weighted by atomic mass is 10.0. The molecule has 0 bridgehead atoms. The molecule has 7 nitrogen and oxygen atoms in total. The Balaban J connectivity index is 1.78. The SMILES string of the molecule is CCNC(=O)C(Cc1ccccc1)N(Cc1ccc(F)cc1)C(=O)CN(c1ccc(C)cc1)S(=O)(=O)c1ccc(Cl)cc1. The molecular weight excluding hydrogens is 589 g/mol. The van der Waals surface area contributed by atoms with E-state index in [2.05, 4.69) is 5.32 Å². The maximum absolute atomic E-state index is 14.3. The highest BCUT2D eigenvalue weighted by atomic mass is 35.5. The van der Waals surface area contributed by atoms with Gasteiger partial charge in [-0.15, -0.1) is 0 Å². The van der Waals surface area contributed by atoms with Crippen molar-refractivity contribution in [3.63, 3.8) is 0 Å². The number of likely N-dealkylation sites (N-methyl/N-ethyl adjacent to an activating group) is 1. The van der Waals surface area contributed by atoms with Crippen LogP contribution in [0, 0.1) is 12.7 Å². The number of halogens is 2. The second-order valence-electron chi connectivity index (χ2n) is 10.0. The van der Waals surface area contributed by atoms with E-state index in [1.54, 1.807) is 31.2 Å². The quantitative estimate of drug-likeness (QED) is 0.218. The number of benzene rings is 4. The predicted octanol–water partition coefficient (Wildman–Crippen LogP) is 5.76. The minimum Gasteiger partial charge on any atom is -0.355 e. The molecule has 224 valence electrons. The van der Waals surface area contributed by atoms with Crippen LogP contribution in [0.4, 0.5) is 10.1 Å². The largest absolute Gasteiger partial charge is 0.355 e. The zero-order valence-corrected chi connectivity index (χ0v) is 25.5. The summed E-state index contributed by atoms with van der Waals surface area (Å²) in [7, 11) is -4.23. The minimum absolute atomic E-state index is 0.0417. The molecule has 1 N–H and O–H groups in total. The van der Waals surface area contributed by atoms with E-state index in [4.69, 9.17) is 11.6 Å². The van der Waals surface area contributed by atoms with Crippen LogP contribution >= 0.6 is 11.6 Å². The third-order valence-corrected chi connectivity index (χ3v) is 8.93. The van der Waals surface area contributed by atoms with Gasteiger partial charge < -0.3 is 10.2 Å². The van der Waals surface area contributed by atoms with Crippen molar-refractivity contribution in [1.82, 2.24) is 10.2 Å². The van der Waals surface area contributed by atoms with Crippen molar-refractivity contribution in [3.8, 4) is 0 Å². The molecular formula is C33H33ClFN3O4S. The molecule has 0 aliphatic rings. The first-order valence-electron chi connectivity index (χ1n) is 13.8. The van der Waals surface area contributed by atoms with Gasteiger partial charge in [0, 0.05) is 24.5 Å². The molecule has 2 amide bonds. The molecule has 43 heavy (non-hydrogen) atoms. The van der Waals surface area contributed by atoms with Gasteiger partial charge in [-0.05, 0) is 73.5 Å². The maximum Gasteiger partial charge on any atom is 0.264 e. The summed E-state index contributed by atoms with van der Waals surface area (Å²) in [5.74, 6) is -1.43. The van der Waals surface area contributed by atoms with Crippen molar-refractivity contribution in [2.45, 2.75) is 37.8 Å². The van der Waals surface area contributed by atoms with Gasteiger partial charge in [0.15, 0.2) is 0 Å². The van der Waals surface area contributed by atoms with Gasteiger partial charge in [-0.25, -0.2) is 12.8 Å². The van der Waals surface area contributed by atoms with Crippen molar-refractivity contribution in [2.75, 3.05) is 17.4 Å². The Labute approximate surface area is 257 Å². The molecule has 4 rings (SSSR count). The summed E-state index contributed by atoms with van der Waals surface area (Å²) in [5.41, 5.74) is 2.60. The van der Waals surface area contributed by atoms with Crippen LogP contribution < -0.4 is 9.62 Å². The number of nitrogens with one attached hydrogen (secondary N) is 1. The van der Waals surface area contributed by atoms with E-state index in [9.17, 15) is 22.4 Å². The summed E-state index contributed by atoms with van der Waals surface area (Å²) >= 11 is 6.01.